The first-order valence-electron chi connectivity index (χ1n) is 5.11. The quantitative estimate of drug-likeness (QED) is 0.653. The van der Waals surface area contributed by atoms with Crippen molar-refractivity contribution in [3.8, 4) is 0 Å². The zero-order chi connectivity index (χ0) is 11.8. The standard InChI is InChI=1S/C8H14N2O5S/c11-8(12)7-5-10(16(13,14)9-7)4-6-2-1-3-15-6/h6-7,9H,1-5H2,(H,11,12). The van der Waals surface area contributed by atoms with Crippen LogP contribution in [0.15, 0.2) is 0 Å². The Hall–Kier alpha value is -0.700. The summed E-state index contributed by atoms with van der Waals surface area (Å²) in [5, 5.41) is 8.74. The Morgan fingerprint density at radius 3 is 2.81 bits per heavy atom. The third-order valence-electron chi connectivity index (χ3n) is 2.75. The maximum atomic E-state index is 11.6. The lowest BCUT2D eigenvalue weighted by Gasteiger charge is -2.17. The summed E-state index contributed by atoms with van der Waals surface area (Å²) in [7, 11) is -3.65. The minimum atomic E-state index is -3.65. The molecule has 8 heteroatoms. The van der Waals surface area contributed by atoms with Gasteiger partial charge in [-0.2, -0.15) is 17.4 Å². The second-order valence-electron chi connectivity index (χ2n) is 3.97. The van der Waals surface area contributed by atoms with Crippen LogP contribution in [0.4, 0.5) is 0 Å². The van der Waals surface area contributed by atoms with E-state index in [2.05, 4.69) is 4.72 Å². The summed E-state index contributed by atoms with van der Waals surface area (Å²) in [5.74, 6) is -1.15. The molecule has 92 valence electrons. The van der Waals surface area contributed by atoms with Crippen molar-refractivity contribution < 1.29 is 23.1 Å². The molecule has 2 unspecified atom stereocenters. The number of ether oxygens (including phenoxy) is 1. The van der Waals surface area contributed by atoms with Crippen LogP contribution in [0.3, 0.4) is 0 Å². The van der Waals surface area contributed by atoms with Crippen LogP contribution in [0.5, 0.6) is 0 Å². The smallest absolute Gasteiger partial charge is 0.323 e. The molecule has 0 spiro atoms. The summed E-state index contributed by atoms with van der Waals surface area (Å²) >= 11 is 0. The molecule has 0 saturated carbocycles. The highest BCUT2D eigenvalue weighted by molar-refractivity contribution is 7.87. The third-order valence-corrected chi connectivity index (χ3v) is 4.31. The van der Waals surface area contributed by atoms with Crippen molar-refractivity contribution in [3.63, 3.8) is 0 Å². The number of nitrogens with zero attached hydrogens (tertiary/aromatic N) is 1. The number of nitrogens with one attached hydrogen (secondary N) is 1. The number of carboxylic acids is 1. The lowest BCUT2D eigenvalue weighted by molar-refractivity contribution is -0.138. The highest BCUT2D eigenvalue weighted by Gasteiger charge is 2.40. The van der Waals surface area contributed by atoms with E-state index < -0.39 is 22.2 Å². The normalized spacial score (nSPS) is 34.2. The van der Waals surface area contributed by atoms with Crippen LogP contribution in [0, 0.1) is 0 Å². The average Bonchev–Trinajstić information content (AvgIpc) is 2.76. The van der Waals surface area contributed by atoms with E-state index >= 15 is 0 Å². The van der Waals surface area contributed by atoms with Crippen molar-refractivity contribution in [1.82, 2.24) is 9.03 Å². The van der Waals surface area contributed by atoms with Gasteiger partial charge in [0.25, 0.3) is 10.2 Å². The Morgan fingerprint density at radius 1 is 1.56 bits per heavy atom. The number of aliphatic carboxylic acids is 1. The molecular formula is C8H14N2O5S. The second-order valence-corrected chi connectivity index (χ2v) is 5.67. The topological polar surface area (TPSA) is 95.9 Å². The number of rotatable bonds is 3. The molecule has 0 aliphatic carbocycles. The Kier molecular flexibility index (Phi) is 3.15. The molecule has 0 aromatic rings. The fraction of sp³-hybridized carbons (Fsp3) is 0.875. The SMILES string of the molecule is O=C(O)C1CN(CC2CCCO2)S(=O)(=O)N1. The second kappa shape index (κ2) is 4.28. The van der Waals surface area contributed by atoms with E-state index in [0.717, 1.165) is 17.1 Å². The number of hydrogen-bond donors (Lipinski definition) is 2. The molecule has 2 fully saturated rings. The Morgan fingerprint density at radius 2 is 2.31 bits per heavy atom. The lowest BCUT2D eigenvalue weighted by Crippen LogP contribution is -2.35. The van der Waals surface area contributed by atoms with Gasteiger partial charge in [0.1, 0.15) is 6.04 Å². The molecule has 0 radical (unpaired) electrons. The fourth-order valence-electron chi connectivity index (χ4n) is 1.91. The van der Waals surface area contributed by atoms with Gasteiger partial charge in [-0.15, -0.1) is 0 Å². The summed E-state index contributed by atoms with van der Waals surface area (Å²) in [6.45, 7) is 0.852. The molecule has 2 aliphatic rings. The van der Waals surface area contributed by atoms with E-state index in [4.69, 9.17) is 9.84 Å². The number of carbonyl (C=O) groups is 1. The van der Waals surface area contributed by atoms with E-state index in [0.29, 0.717) is 6.61 Å². The van der Waals surface area contributed by atoms with E-state index in [9.17, 15) is 13.2 Å². The lowest BCUT2D eigenvalue weighted by atomic mass is 10.2. The highest BCUT2D eigenvalue weighted by Crippen LogP contribution is 2.18. The van der Waals surface area contributed by atoms with Crippen LogP contribution in [-0.4, -0.2) is 55.6 Å². The Labute approximate surface area is 93.6 Å². The minimum Gasteiger partial charge on any atom is -0.480 e. The molecule has 16 heavy (non-hydrogen) atoms. The number of hydrogen-bond acceptors (Lipinski definition) is 4. The minimum absolute atomic E-state index is 0.0302. The number of carboxylic acid groups (broad SMARTS) is 1. The first-order chi connectivity index (χ1) is 7.49. The highest BCUT2D eigenvalue weighted by atomic mass is 32.2. The van der Waals surface area contributed by atoms with Gasteiger partial charge in [-0.05, 0) is 12.8 Å². The maximum Gasteiger partial charge on any atom is 0.323 e. The van der Waals surface area contributed by atoms with Crippen LogP contribution in [0.25, 0.3) is 0 Å². The van der Waals surface area contributed by atoms with Crippen molar-refractivity contribution in [1.29, 1.82) is 0 Å². The van der Waals surface area contributed by atoms with Gasteiger partial charge in [-0.25, -0.2) is 0 Å². The van der Waals surface area contributed by atoms with E-state index in [-0.39, 0.29) is 19.2 Å². The van der Waals surface area contributed by atoms with Gasteiger partial charge in [0, 0.05) is 19.7 Å². The predicted molar refractivity (Wildman–Crippen MR) is 54.0 cm³/mol. The van der Waals surface area contributed by atoms with E-state index in [1.165, 1.54) is 0 Å². The van der Waals surface area contributed by atoms with Crippen molar-refractivity contribution >= 4 is 16.2 Å². The van der Waals surface area contributed by atoms with Gasteiger partial charge in [0.15, 0.2) is 0 Å². The summed E-state index contributed by atoms with van der Waals surface area (Å²) < 4.78 is 31.7. The zero-order valence-electron chi connectivity index (χ0n) is 8.63. The molecule has 2 atom stereocenters. The molecular weight excluding hydrogens is 236 g/mol. The van der Waals surface area contributed by atoms with Gasteiger partial charge >= 0.3 is 5.97 Å². The summed E-state index contributed by atoms with van der Waals surface area (Å²) in [6, 6.07) is -1.05. The average molecular weight is 250 g/mol. The molecule has 2 aliphatic heterocycles. The Bertz CT molecular complexity index is 376. The molecule has 2 saturated heterocycles. The zero-order valence-corrected chi connectivity index (χ0v) is 9.44. The van der Waals surface area contributed by atoms with Gasteiger partial charge in [-0.1, -0.05) is 0 Å². The molecule has 7 nitrogen and oxygen atoms in total. The predicted octanol–water partition coefficient (Wildman–Crippen LogP) is -1.23. The van der Waals surface area contributed by atoms with Crippen LogP contribution in [0.1, 0.15) is 12.8 Å². The molecule has 0 aromatic heterocycles. The monoisotopic (exact) mass is 250 g/mol. The van der Waals surface area contributed by atoms with Gasteiger partial charge in [0.2, 0.25) is 0 Å². The van der Waals surface area contributed by atoms with Gasteiger partial charge in [0.05, 0.1) is 6.10 Å². The first kappa shape index (κ1) is 11.8. The van der Waals surface area contributed by atoms with Crippen LogP contribution < -0.4 is 4.72 Å². The van der Waals surface area contributed by atoms with Crippen molar-refractivity contribution in [2.45, 2.75) is 25.0 Å². The fourth-order valence-corrected chi connectivity index (χ4v) is 3.30. The summed E-state index contributed by atoms with van der Waals surface area (Å²) in [4.78, 5) is 10.7. The van der Waals surface area contributed by atoms with Gasteiger partial charge < -0.3 is 9.84 Å². The Balaban J connectivity index is 2.01. The molecule has 0 bridgehead atoms. The summed E-state index contributed by atoms with van der Waals surface area (Å²) in [5.41, 5.74) is 0. The molecule has 2 rings (SSSR count). The summed E-state index contributed by atoms with van der Waals surface area (Å²) in [6.07, 6.45) is 1.64. The van der Waals surface area contributed by atoms with E-state index in [1.54, 1.807) is 0 Å². The maximum absolute atomic E-state index is 11.6. The van der Waals surface area contributed by atoms with Crippen molar-refractivity contribution in [3.05, 3.63) is 0 Å². The van der Waals surface area contributed by atoms with Crippen molar-refractivity contribution in [2.24, 2.45) is 0 Å². The molecule has 2 heterocycles. The molecule has 0 aromatic carbocycles. The van der Waals surface area contributed by atoms with Crippen LogP contribution in [-0.2, 0) is 19.7 Å². The van der Waals surface area contributed by atoms with E-state index in [1.807, 2.05) is 0 Å². The van der Waals surface area contributed by atoms with Gasteiger partial charge in [-0.3, -0.25) is 4.79 Å². The molecule has 0 amide bonds. The van der Waals surface area contributed by atoms with Crippen molar-refractivity contribution in [2.75, 3.05) is 19.7 Å². The largest absolute Gasteiger partial charge is 0.480 e. The van der Waals surface area contributed by atoms with Crippen LogP contribution in [0.2, 0.25) is 0 Å². The van der Waals surface area contributed by atoms with Crippen LogP contribution >= 0.6 is 0 Å². The molecule has 2 N–H and O–H groups in total. The first-order valence-corrected chi connectivity index (χ1v) is 6.55. The third kappa shape index (κ3) is 2.34.